The minimum atomic E-state index is -0.0161. The molecule has 0 spiro atoms. The van der Waals surface area contributed by atoms with Crippen LogP contribution in [0.25, 0.3) is 0 Å². The maximum absolute atomic E-state index is 8.69. The second-order valence-corrected chi connectivity index (χ2v) is 4.79. The number of nitrogen functional groups attached to an aromatic ring is 1. The normalized spacial score (nSPS) is 10.3. The van der Waals surface area contributed by atoms with Crippen LogP contribution in [-0.4, -0.2) is 18.3 Å². The van der Waals surface area contributed by atoms with E-state index < -0.39 is 0 Å². The molecule has 4 nitrogen and oxygen atoms in total. The third-order valence-electron chi connectivity index (χ3n) is 2.41. The zero-order chi connectivity index (χ0) is 12.8. The van der Waals surface area contributed by atoms with Crippen LogP contribution in [0.15, 0.2) is 35.7 Å². The Labute approximate surface area is 110 Å². The van der Waals surface area contributed by atoms with Gasteiger partial charge in [-0.1, -0.05) is 6.07 Å². The van der Waals surface area contributed by atoms with E-state index in [4.69, 9.17) is 15.6 Å². The van der Waals surface area contributed by atoms with Crippen LogP contribution in [0.4, 0.5) is 11.4 Å². The molecule has 18 heavy (non-hydrogen) atoms. The smallest absolute Gasteiger partial charge is 0.142 e. The molecule has 0 radical (unpaired) electrons. The van der Waals surface area contributed by atoms with Crippen molar-refractivity contribution in [3.63, 3.8) is 0 Å². The summed E-state index contributed by atoms with van der Waals surface area (Å²) in [5.41, 5.74) is 7.39. The summed E-state index contributed by atoms with van der Waals surface area (Å²) < 4.78 is 5.29. The van der Waals surface area contributed by atoms with Crippen LogP contribution in [0.3, 0.4) is 0 Å². The van der Waals surface area contributed by atoms with Crippen molar-refractivity contribution in [2.75, 3.05) is 24.3 Å². The van der Waals surface area contributed by atoms with Gasteiger partial charge in [0.05, 0.1) is 12.3 Å². The van der Waals surface area contributed by atoms with Gasteiger partial charge in [0, 0.05) is 17.1 Å². The lowest BCUT2D eigenvalue weighted by Crippen LogP contribution is -2.04. The van der Waals surface area contributed by atoms with Gasteiger partial charge in [0.1, 0.15) is 12.4 Å². The van der Waals surface area contributed by atoms with Crippen LogP contribution in [0.1, 0.15) is 4.88 Å². The number of aliphatic hydroxyl groups is 1. The van der Waals surface area contributed by atoms with Gasteiger partial charge in [-0.2, -0.15) is 0 Å². The highest BCUT2D eigenvalue weighted by Gasteiger charge is 2.02. The molecule has 0 unspecified atom stereocenters. The molecule has 4 N–H and O–H groups in total. The number of nitrogens with two attached hydrogens (primary N) is 1. The maximum Gasteiger partial charge on any atom is 0.142 e. The molecule has 1 heterocycles. The molecular weight excluding hydrogens is 248 g/mol. The zero-order valence-corrected chi connectivity index (χ0v) is 10.7. The fourth-order valence-electron chi connectivity index (χ4n) is 1.55. The van der Waals surface area contributed by atoms with Gasteiger partial charge >= 0.3 is 0 Å². The number of nitrogens with one attached hydrogen (secondary N) is 1. The minimum absolute atomic E-state index is 0.0161. The van der Waals surface area contributed by atoms with E-state index in [0.29, 0.717) is 11.4 Å². The lowest BCUT2D eigenvalue weighted by Gasteiger charge is -2.10. The van der Waals surface area contributed by atoms with Crippen molar-refractivity contribution in [2.24, 2.45) is 0 Å². The predicted molar refractivity (Wildman–Crippen MR) is 75.1 cm³/mol. The van der Waals surface area contributed by atoms with Gasteiger partial charge in [-0.15, -0.1) is 11.3 Å². The Morgan fingerprint density at radius 2 is 2.22 bits per heavy atom. The van der Waals surface area contributed by atoms with E-state index in [-0.39, 0.29) is 13.2 Å². The first-order valence-corrected chi connectivity index (χ1v) is 6.57. The SMILES string of the molecule is Nc1cc(NCc2cccs2)ccc1OCCO. The van der Waals surface area contributed by atoms with Gasteiger partial charge < -0.3 is 20.9 Å². The van der Waals surface area contributed by atoms with Gasteiger partial charge in [-0.3, -0.25) is 0 Å². The number of rotatable bonds is 6. The summed E-state index contributed by atoms with van der Waals surface area (Å²) in [5.74, 6) is 0.603. The van der Waals surface area contributed by atoms with Crippen LogP contribution in [0, 0.1) is 0 Å². The summed E-state index contributed by atoms with van der Waals surface area (Å²) in [6.45, 7) is 1.03. The number of hydrogen-bond acceptors (Lipinski definition) is 5. The van der Waals surface area contributed by atoms with E-state index in [1.165, 1.54) is 4.88 Å². The molecule has 0 bridgehead atoms. The molecule has 1 aromatic heterocycles. The van der Waals surface area contributed by atoms with Gasteiger partial charge in [0.15, 0.2) is 0 Å². The summed E-state index contributed by atoms with van der Waals surface area (Å²) in [5, 5.41) is 14.0. The Bertz CT molecular complexity index is 486. The number of ether oxygens (including phenoxy) is 1. The first kappa shape index (κ1) is 12.7. The van der Waals surface area contributed by atoms with Gasteiger partial charge in [-0.05, 0) is 29.6 Å². The Hall–Kier alpha value is -1.72. The third-order valence-corrected chi connectivity index (χ3v) is 3.28. The molecule has 0 aliphatic carbocycles. The largest absolute Gasteiger partial charge is 0.489 e. The van der Waals surface area contributed by atoms with E-state index in [1.54, 1.807) is 11.3 Å². The number of benzene rings is 1. The highest BCUT2D eigenvalue weighted by atomic mass is 32.1. The molecule has 0 saturated carbocycles. The quantitative estimate of drug-likeness (QED) is 0.700. The van der Waals surface area contributed by atoms with Crippen molar-refractivity contribution in [3.05, 3.63) is 40.6 Å². The van der Waals surface area contributed by atoms with Gasteiger partial charge in [0.2, 0.25) is 0 Å². The van der Waals surface area contributed by atoms with Crippen molar-refractivity contribution < 1.29 is 9.84 Å². The van der Waals surface area contributed by atoms with Crippen LogP contribution >= 0.6 is 11.3 Å². The highest BCUT2D eigenvalue weighted by Crippen LogP contribution is 2.25. The lowest BCUT2D eigenvalue weighted by molar-refractivity contribution is 0.202. The summed E-state index contributed by atoms with van der Waals surface area (Å²) in [6.07, 6.45) is 0. The van der Waals surface area contributed by atoms with E-state index in [1.807, 2.05) is 24.3 Å². The number of anilines is 2. The van der Waals surface area contributed by atoms with Crippen LogP contribution in [0.2, 0.25) is 0 Å². The summed E-state index contributed by atoms with van der Waals surface area (Å²) >= 11 is 1.71. The molecule has 96 valence electrons. The van der Waals surface area contributed by atoms with E-state index in [2.05, 4.69) is 16.8 Å². The fourth-order valence-corrected chi connectivity index (χ4v) is 2.19. The third kappa shape index (κ3) is 3.38. The molecule has 0 amide bonds. The zero-order valence-electron chi connectivity index (χ0n) is 9.93. The number of thiophene rings is 1. The molecule has 0 aliphatic heterocycles. The maximum atomic E-state index is 8.69. The number of hydrogen-bond donors (Lipinski definition) is 3. The predicted octanol–water partition coefficient (Wildman–Crippen LogP) is 2.31. The monoisotopic (exact) mass is 264 g/mol. The Morgan fingerprint density at radius 3 is 2.89 bits per heavy atom. The van der Waals surface area contributed by atoms with Crippen LogP contribution < -0.4 is 15.8 Å². The molecule has 0 aliphatic rings. The molecule has 0 saturated heterocycles. The topological polar surface area (TPSA) is 67.5 Å². The van der Waals surface area contributed by atoms with Crippen molar-refractivity contribution in [1.29, 1.82) is 0 Å². The molecule has 5 heteroatoms. The van der Waals surface area contributed by atoms with Crippen molar-refractivity contribution >= 4 is 22.7 Å². The Kier molecular flexibility index (Phi) is 4.44. The standard InChI is InChI=1S/C13H16N2O2S/c14-12-8-10(3-4-13(12)17-6-5-16)15-9-11-2-1-7-18-11/h1-4,7-8,15-16H,5-6,9,14H2. The van der Waals surface area contributed by atoms with Gasteiger partial charge in [0.25, 0.3) is 0 Å². The summed E-state index contributed by atoms with van der Waals surface area (Å²) in [4.78, 5) is 1.27. The molecule has 1 aromatic carbocycles. The second kappa shape index (κ2) is 6.28. The average molecular weight is 264 g/mol. The second-order valence-electron chi connectivity index (χ2n) is 3.76. The fraction of sp³-hybridized carbons (Fsp3) is 0.231. The Morgan fingerprint density at radius 1 is 1.33 bits per heavy atom. The molecule has 0 fully saturated rings. The van der Waals surface area contributed by atoms with Crippen LogP contribution in [0.5, 0.6) is 5.75 Å². The molecule has 2 rings (SSSR count). The summed E-state index contributed by atoms with van der Waals surface area (Å²) in [6, 6.07) is 9.67. The minimum Gasteiger partial charge on any atom is -0.489 e. The summed E-state index contributed by atoms with van der Waals surface area (Å²) in [7, 11) is 0. The Balaban J connectivity index is 1.95. The first-order valence-electron chi connectivity index (χ1n) is 5.69. The molecule has 0 atom stereocenters. The van der Waals surface area contributed by atoms with Crippen molar-refractivity contribution in [2.45, 2.75) is 6.54 Å². The van der Waals surface area contributed by atoms with E-state index >= 15 is 0 Å². The van der Waals surface area contributed by atoms with E-state index in [0.717, 1.165) is 12.2 Å². The lowest BCUT2D eigenvalue weighted by atomic mass is 10.2. The van der Waals surface area contributed by atoms with Crippen molar-refractivity contribution in [3.8, 4) is 5.75 Å². The highest BCUT2D eigenvalue weighted by molar-refractivity contribution is 7.09. The average Bonchev–Trinajstić information content (AvgIpc) is 2.88. The van der Waals surface area contributed by atoms with Gasteiger partial charge in [-0.25, -0.2) is 0 Å². The van der Waals surface area contributed by atoms with E-state index in [9.17, 15) is 0 Å². The first-order chi connectivity index (χ1) is 8.79. The molecular formula is C13H16N2O2S. The van der Waals surface area contributed by atoms with Crippen molar-refractivity contribution in [1.82, 2.24) is 0 Å². The molecule has 2 aromatic rings. The van der Waals surface area contributed by atoms with Crippen LogP contribution in [-0.2, 0) is 6.54 Å². The number of aliphatic hydroxyl groups excluding tert-OH is 1.